The van der Waals surface area contributed by atoms with Crippen LogP contribution in [0.5, 0.6) is 0 Å². The number of rotatable bonds is 3. The van der Waals surface area contributed by atoms with Crippen molar-refractivity contribution in [1.82, 2.24) is 10.2 Å². The highest BCUT2D eigenvalue weighted by atomic mass is 16.2. The summed E-state index contributed by atoms with van der Waals surface area (Å²) < 4.78 is 0. The van der Waals surface area contributed by atoms with Crippen molar-refractivity contribution in [1.29, 1.82) is 0 Å². The normalized spacial score (nSPS) is 19.0. The van der Waals surface area contributed by atoms with Crippen LogP contribution < -0.4 is 10.2 Å². The van der Waals surface area contributed by atoms with Crippen molar-refractivity contribution in [2.75, 3.05) is 31.1 Å². The highest BCUT2D eigenvalue weighted by Gasteiger charge is 2.41. The molecule has 0 aromatic heterocycles. The van der Waals surface area contributed by atoms with E-state index in [1.54, 1.807) is 0 Å². The number of nitrogens with zero attached hydrogens (tertiary/aromatic N) is 2. The van der Waals surface area contributed by atoms with Gasteiger partial charge in [0.05, 0.1) is 5.54 Å². The van der Waals surface area contributed by atoms with Crippen molar-refractivity contribution in [2.45, 2.75) is 31.7 Å². The molecule has 4 rings (SSSR count). The molecule has 1 heterocycles. The second-order valence-electron chi connectivity index (χ2n) is 7.54. The number of hydrogen-bond acceptors (Lipinski definition) is 2. The second kappa shape index (κ2) is 7.02. The minimum atomic E-state index is -0.161. The van der Waals surface area contributed by atoms with Crippen LogP contribution in [0.1, 0.15) is 30.4 Å². The summed E-state index contributed by atoms with van der Waals surface area (Å²) in [6.07, 6.45) is 3.24. The Morgan fingerprint density at radius 2 is 1.69 bits per heavy atom. The zero-order valence-corrected chi connectivity index (χ0v) is 15.4. The molecule has 0 spiro atoms. The van der Waals surface area contributed by atoms with E-state index in [0.717, 1.165) is 39.0 Å². The molecule has 4 nitrogen and oxygen atoms in total. The van der Waals surface area contributed by atoms with Crippen molar-refractivity contribution in [2.24, 2.45) is 0 Å². The summed E-state index contributed by atoms with van der Waals surface area (Å²) in [5, 5.41) is 3.35. The number of amides is 2. The van der Waals surface area contributed by atoms with E-state index >= 15 is 0 Å². The van der Waals surface area contributed by atoms with Gasteiger partial charge in [0.2, 0.25) is 0 Å². The fraction of sp³-hybridized carbons (Fsp3) is 0.409. The van der Waals surface area contributed by atoms with E-state index in [4.69, 9.17) is 0 Å². The van der Waals surface area contributed by atoms with Gasteiger partial charge >= 0.3 is 6.03 Å². The molecule has 1 saturated carbocycles. The smallest absolute Gasteiger partial charge is 0.318 e. The Hall–Kier alpha value is -2.49. The zero-order valence-electron chi connectivity index (χ0n) is 15.4. The number of carbonyl (C=O) groups excluding carboxylic acids is 1. The molecule has 0 atom stereocenters. The van der Waals surface area contributed by atoms with Crippen LogP contribution in [0.2, 0.25) is 0 Å². The number of hydrogen-bond donors (Lipinski definition) is 1. The second-order valence-corrected chi connectivity index (χ2v) is 7.54. The van der Waals surface area contributed by atoms with Crippen molar-refractivity contribution < 1.29 is 4.79 Å². The maximum absolute atomic E-state index is 12.9. The molecular formula is C22H27N3O. The van der Waals surface area contributed by atoms with Crippen LogP contribution in [-0.4, -0.2) is 37.1 Å². The van der Waals surface area contributed by atoms with Crippen LogP contribution in [0.3, 0.4) is 0 Å². The lowest BCUT2D eigenvalue weighted by molar-refractivity contribution is 0.147. The molecule has 1 N–H and O–H groups in total. The van der Waals surface area contributed by atoms with E-state index in [-0.39, 0.29) is 11.6 Å². The van der Waals surface area contributed by atoms with Crippen molar-refractivity contribution in [3.05, 3.63) is 65.7 Å². The van der Waals surface area contributed by atoms with Crippen LogP contribution in [-0.2, 0) is 5.54 Å². The van der Waals surface area contributed by atoms with Crippen LogP contribution in [0.25, 0.3) is 0 Å². The predicted molar refractivity (Wildman–Crippen MR) is 105 cm³/mol. The quantitative estimate of drug-likeness (QED) is 0.912. The molecule has 2 amide bonds. The summed E-state index contributed by atoms with van der Waals surface area (Å²) in [5.41, 5.74) is 3.60. The Kier molecular flexibility index (Phi) is 4.58. The SMILES string of the molecule is Cc1cccc(N2CCN(C(=O)NC3(c4ccccc4)CCC3)CC2)c1. The number of urea groups is 1. The Morgan fingerprint density at radius 1 is 0.962 bits per heavy atom. The Morgan fingerprint density at radius 3 is 2.31 bits per heavy atom. The lowest BCUT2D eigenvalue weighted by Gasteiger charge is -2.45. The number of aryl methyl sites for hydroxylation is 1. The third-order valence-corrected chi connectivity index (χ3v) is 5.81. The number of nitrogens with one attached hydrogen (secondary N) is 1. The minimum Gasteiger partial charge on any atom is -0.368 e. The molecule has 1 aliphatic heterocycles. The standard InChI is InChI=1S/C22H27N3O/c1-18-7-5-10-20(17-18)24-13-15-25(16-14-24)21(26)23-22(11-6-12-22)19-8-3-2-4-9-19/h2-5,7-10,17H,6,11-16H2,1H3,(H,23,26). The van der Waals surface area contributed by atoms with Crippen LogP contribution in [0.15, 0.2) is 54.6 Å². The zero-order chi connectivity index (χ0) is 18.0. The summed E-state index contributed by atoms with van der Waals surface area (Å²) in [7, 11) is 0. The summed E-state index contributed by atoms with van der Waals surface area (Å²) in [6.45, 7) is 5.43. The van der Waals surface area contributed by atoms with Crippen LogP contribution >= 0.6 is 0 Å². The first-order valence-electron chi connectivity index (χ1n) is 9.61. The first-order chi connectivity index (χ1) is 12.7. The number of carbonyl (C=O) groups is 1. The summed E-state index contributed by atoms with van der Waals surface area (Å²) >= 11 is 0. The predicted octanol–water partition coefficient (Wildman–Crippen LogP) is 3.91. The van der Waals surface area contributed by atoms with Gasteiger partial charge in [0.25, 0.3) is 0 Å². The first-order valence-corrected chi connectivity index (χ1v) is 9.61. The topological polar surface area (TPSA) is 35.6 Å². The molecule has 0 unspecified atom stereocenters. The molecule has 1 saturated heterocycles. The molecule has 2 aliphatic rings. The highest BCUT2D eigenvalue weighted by molar-refractivity contribution is 5.76. The van der Waals surface area contributed by atoms with Gasteiger partial charge in [0, 0.05) is 31.9 Å². The van der Waals surface area contributed by atoms with Crippen molar-refractivity contribution >= 4 is 11.7 Å². The summed E-state index contributed by atoms with van der Waals surface area (Å²) in [5.74, 6) is 0. The fourth-order valence-electron chi connectivity index (χ4n) is 4.05. The number of anilines is 1. The van der Waals surface area contributed by atoms with Crippen LogP contribution in [0.4, 0.5) is 10.5 Å². The molecule has 4 heteroatoms. The molecule has 2 aromatic carbocycles. The van der Waals surface area contributed by atoms with E-state index in [1.165, 1.54) is 23.2 Å². The molecule has 0 radical (unpaired) electrons. The summed E-state index contributed by atoms with van der Waals surface area (Å²) in [4.78, 5) is 17.2. The van der Waals surface area contributed by atoms with E-state index in [1.807, 2.05) is 11.0 Å². The van der Waals surface area contributed by atoms with Gasteiger partial charge in [-0.25, -0.2) is 4.79 Å². The molecule has 0 bridgehead atoms. The fourth-order valence-corrected chi connectivity index (χ4v) is 4.05. The monoisotopic (exact) mass is 349 g/mol. The molecule has 2 aromatic rings. The summed E-state index contributed by atoms with van der Waals surface area (Å²) in [6, 6.07) is 19.1. The molecular weight excluding hydrogens is 322 g/mol. The third-order valence-electron chi connectivity index (χ3n) is 5.81. The van der Waals surface area contributed by atoms with Gasteiger partial charge in [0.15, 0.2) is 0 Å². The van der Waals surface area contributed by atoms with E-state index in [0.29, 0.717) is 0 Å². The first kappa shape index (κ1) is 17.0. The lowest BCUT2D eigenvalue weighted by atomic mass is 9.72. The Balaban J connectivity index is 1.38. The maximum atomic E-state index is 12.9. The average Bonchev–Trinajstić information content (AvgIpc) is 2.65. The third kappa shape index (κ3) is 3.28. The minimum absolute atomic E-state index is 0.0810. The van der Waals surface area contributed by atoms with E-state index in [2.05, 4.69) is 65.7 Å². The largest absolute Gasteiger partial charge is 0.368 e. The average molecular weight is 349 g/mol. The van der Waals surface area contributed by atoms with Gasteiger partial charge in [-0.3, -0.25) is 0 Å². The van der Waals surface area contributed by atoms with Gasteiger partial charge < -0.3 is 15.1 Å². The van der Waals surface area contributed by atoms with Gasteiger partial charge in [-0.1, -0.05) is 42.5 Å². The van der Waals surface area contributed by atoms with E-state index < -0.39 is 0 Å². The van der Waals surface area contributed by atoms with E-state index in [9.17, 15) is 4.79 Å². The van der Waals surface area contributed by atoms with Gasteiger partial charge in [-0.05, 0) is 49.4 Å². The number of benzene rings is 2. The van der Waals surface area contributed by atoms with Crippen molar-refractivity contribution in [3.63, 3.8) is 0 Å². The molecule has 26 heavy (non-hydrogen) atoms. The Labute approximate surface area is 155 Å². The molecule has 1 aliphatic carbocycles. The number of piperazine rings is 1. The van der Waals surface area contributed by atoms with Gasteiger partial charge in [-0.2, -0.15) is 0 Å². The van der Waals surface area contributed by atoms with Gasteiger partial charge in [0.1, 0.15) is 0 Å². The van der Waals surface area contributed by atoms with Crippen molar-refractivity contribution in [3.8, 4) is 0 Å². The van der Waals surface area contributed by atoms with Gasteiger partial charge in [-0.15, -0.1) is 0 Å². The molecule has 136 valence electrons. The maximum Gasteiger partial charge on any atom is 0.318 e. The highest BCUT2D eigenvalue weighted by Crippen LogP contribution is 2.41. The molecule has 2 fully saturated rings. The Bertz CT molecular complexity index is 762. The lowest BCUT2D eigenvalue weighted by Crippen LogP contribution is -2.58. The van der Waals surface area contributed by atoms with Crippen LogP contribution in [0, 0.1) is 6.92 Å².